The van der Waals surface area contributed by atoms with Gasteiger partial charge in [-0.3, -0.25) is 4.79 Å². The van der Waals surface area contributed by atoms with E-state index in [0.29, 0.717) is 24.5 Å². The van der Waals surface area contributed by atoms with Gasteiger partial charge in [0.25, 0.3) is 0 Å². The number of ketones is 1. The van der Waals surface area contributed by atoms with Crippen LogP contribution in [-0.4, -0.2) is 19.0 Å². The Labute approximate surface area is 119 Å². The Morgan fingerprint density at radius 1 is 1.00 bits per heavy atom. The molecule has 3 nitrogen and oxygen atoms in total. The van der Waals surface area contributed by atoms with E-state index in [4.69, 9.17) is 9.47 Å². The minimum absolute atomic E-state index is 0.0545. The van der Waals surface area contributed by atoms with Crippen LogP contribution in [-0.2, 0) is 11.3 Å². The van der Waals surface area contributed by atoms with E-state index in [1.165, 1.54) is 0 Å². The fourth-order valence-corrected chi connectivity index (χ4v) is 1.89. The molecule has 0 atom stereocenters. The highest BCUT2D eigenvalue weighted by atomic mass is 16.5. The molecule has 2 rings (SSSR count). The molecule has 0 radical (unpaired) electrons. The summed E-state index contributed by atoms with van der Waals surface area (Å²) in [7, 11) is 0. The van der Waals surface area contributed by atoms with Crippen LogP contribution >= 0.6 is 0 Å². The van der Waals surface area contributed by atoms with Gasteiger partial charge in [-0.15, -0.1) is 0 Å². The number of ether oxygens (including phenoxy) is 2. The first-order valence-corrected chi connectivity index (χ1v) is 6.68. The maximum Gasteiger partial charge on any atom is 0.192 e. The average molecular weight is 270 g/mol. The molecule has 0 unspecified atom stereocenters. The molecule has 0 amide bonds. The van der Waals surface area contributed by atoms with Crippen molar-refractivity contribution in [2.45, 2.75) is 13.5 Å². The van der Waals surface area contributed by atoms with Crippen molar-refractivity contribution >= 4 is 5.78 Å². The van der Waals surface area contributed by atoms with Crippen LogP contribution in [0.5, 0.6) is 5.75 Å². The highest BCUT2D eigenvalue weighted by molar-refractivity contribution is 5.99. The van der Waals surface area contributed by atoms with Crippen LogP contribution in [0.3, 0.4) is 0 Å². The standard InChI is InChI=1S/C17H18O3/c1-2-20-17-11-7-6-10-15(17)16(18)13-19-12-14-8-4-3-5-9-14/h3-11H,2,12-13H2,1H3. The summed E-state index contributed by atoms with van der Waals surface area (Å²) in [6.07, 6.45) is 0. The van der Waals surface area contributed by atoms with Crippen molar-refractivity contribution < 1.29 is 14.3 Å². The zero-order chi connectivity index (χ0) is 14.2. The van der Waals surface area contributed by atoms with Crippen LogP contribution in [0, 0.1) is 0 Å². The van der Waals surface area contributed by atoms with E-state index in [2.05, 4.69) is 0 Å². The molecule has 0 bridgehead atoms. The smallest absolute Gasteiger partial charge is 0.192 e. The predicted molar refractivity (Wildman–Crippen MR) is 78.0 cm³/mol. The van der Waals surface area contributed by atoms with Gasteiger partial charge in [0.2, 0.25) is 0 Å². The summed E-state index contributed by atoms with van der Waals surface area (Å²) >= 11 is 0. The van der Waals surface area contributed by atoms with Gasteiger partial charge in [0.1, 0.15) is 12.4 Å². The van der Waals surface area contributed by atoms with Crippen LogP contribution < -0.4 is 4.74 Å². The van der Waals surface area contributed by atoms with Gasteiger partial charge in [0, 0.05) is 0 Å². The van der Waals surface area contributed by atoms with E-state index < -0.39 is 0 Å². The summed E-state index contributed by atoms with van der Waals surface area (Å²) in [5.41, 5.74) is 1.63. The van der Waals surface area contributed by atoms with E-state index in [0.717, 1.165) is 5.56 Å². The minimum Gasteiger partial charge on any atom is -0.493 e. The molecule has 104 valence electrons. The number of rotatable bonds is 7. The lowest BCUT2D eigenvalue weighted by Gasteiger charge is -2.09. The van der Waals surface area contributed by atoms with Gasteiger partial charge in [0.05, 0.1) is 18.8 Å². The zero-order valence-corrected chi connectivity index (χ0v) is 11.5. The van der Waals surface area contributed by atoms with Gasteiger partial charge in [-0.2, -0.15) is 0 Å². The van der Waals surface area contributed by atoms with Gasteiger partial charge in [-0.05, 0) is 24.6 Å². The lowest BCUT2D eigenvalue weighted by molar-refractivity contribution is 0.0723. The quantitative estimate of drug-likeness (QED) is 0.722. The molecule has 0 N–H and O–H groups in total. The molecule has 2 aromatic rings. The van der Waals surface area contributed by atoms with Gasteiger partial charge in [-0.1, -0.05) is 42.5 Å². The molecule has 0 saturated heterocycles. The van der Waals surface area contributed by atoms with Crippen LogP contribution in [0.1, 0.15) is 22.8 Å². The van der Waals surface area contributed by atoms with Crippen LogP contribution in [0.4, 0.5) is 0 Å². The van der Waals surface area contributed by atoms with Crippen molar-refractivity contribution in [3.8, 4) is 5.75 Å². The first-order chi connectivity index (χ1) is 9.81. The number of para-hydroxylation sites is 1. The van der Waals surface area contributed by atoms with Gasteiger partial charge < -0.3 is 9.47 Å². The van der Waals surface area contributed by atoms with Crippen molar-refractivity contribution in [2.24, 2.45) is 0 Å². The van der Waals surface area contributed by atoms with Crippen LogP contribution in [0.25, 0.3) is 0 Å². The molecule has 0 saturated carbocycles. The average Bonchev–Trinajstić information content (AvgIpc) is 2.49. The van der Waals surface area contributed by atoms with E-state index in [1.807, 2.05) is 49.4 Å². The third kappa shape index (κ3) is 3.93. The number of carbonyl (C=O) groups excluding carboxylic acids is 1. The third-order valence-electron chi connectivity index (χ3n) is 2.83. The van der Waals surface area contributed by atoms with Crippen molar-refractivity contribution in [1.29, 1.82) is 0 Å². The third-order valence-corrected chi connectivity index (χ3v) is 2.83. The summed E-state index contributed by atoms with van der Waals surface area (Å²) in [5, 5.41) is 0. The fourth-order valence-electron chi connectivity index (χ4n) is 1.89. The molecule has 0 aliphatic rings. The Kier molecular flexibility index (Phi) is 5.33. The summed E-state index contributed by atoms with van der Waals surface area (Å²) in [6.45, 7) is 2.92. The number of benzene rings is 2. The molecule has 0 aliphatic carbocycles. The summed E-state index contributed by atoms with van der Waals surface area (Å²) in [4.78, 5) is 12.1. The van der Waals surface area contributed by atoms with Crippen molar-refractivity contribution in [3.05, 3.63) is 65.7 Å². The van der Waals surface area contributed by atoms with Gasteiger partial charge >= 0.3 is 0 Å². The number of hydrogen-bond donors (Lipinski definition) is 0. The molecule has 0 aliphatic heterocycles. The van der Waals surface area contributed by atoms with Crippen LogP contribution in [0.2, 0.25) is 0 Å². The van der Waals surface area contributed by atoms with Crippen molar-refractivity contribution in [2.75, 3.05) is 13.2 Å². The minimum atomic E-state index is -0.0648. The van der Waals surface area contributed by atoms with E-state index in [1.54, 1.807) is 12.1 Å². The molecular weight excluding hydrogens is 252 g/mol. The highest BCUT2D eigenvalue weighted by Crippen LogP contribution is 2.18. The van der Waals surface area contributed by atoms with Crippen molar-refractivity contribution in [1.82, 2.24) is 0 Å². The molecule has 0 fully saturated rings. The molecular formula is C17H18O3. The Balaban J connectivity index is 1.92. The monoisotopic (exact) mass is 270 g/mol. The molecule has 0 heterocycles. The van der Waals surface area contributed by atoms with E-state index >= 15 is 0 Å². The SMILES string of the molecule is CCOc1ccccc1C(=O)COCc1ccccc1. The molecule has 20 heavy (non-hydrogen) atoms. The largest absolute Gasteiger partial charge is 0.493 e. The predicted octanol–water partition coefficient (Wildman–Crippen LogP) is 3.48. The second kappa shape index (κ2) is 7.46. The maximum absolute atomic E-state index is 12.1. The summed E-state index contributed by atoms with van der Waals surface area (Å²) < 4.78 is 10.9. The Morgan fingerprint density at radius 3 is 2.45 bits per heavy atom. The summed E-state index contributed by atoms with van der Waals surface area (Å²) in [6, 6.07) is 17.0. The first-order valence-electron chi connectivity index (χ1n) is 6.68. The Bertz CT molecular complexity index is 549. The first kappa shape index (κ1) is 14.3. The Hall–Kier alpha value is -2.13. The normalized spacial score (nSPS) is 10.2. The second-order valence-electron chi connectivity index (χ2n) is 4.33. The molecule has 2 aromatic carbocycles. The topological polar surface area (TPSA) is 35.5 Å². The fraction of sp³-hybridized carbons (Fsp3) is 0.235. The maximum atomic E-state index is 12.1. The lowest BCUT2D eigenvalue weighted by Crippen LogP contribution is -2.11. The number of Topliss-reactive ketones (excluding diaryl/α,β-unsaturated/α-hetero) is 1. The van der Waals surface area contributed by atoms with Crippen molar-refractivity contribution in [3.63, 3.8) is 0 Å². The zero-order valence-electron chi connectivity index (χ0n) is 11.5. The summed E-state index contributed by atoms with van der Waals surface area (Å²) in [5.74, 6) is 0.549. The van der Waals surface area contributed by atoms with Gasteiger partial charge in [0.15, 0.2) is 5.78 Å². The molecule has 3 heteroatoms. The number of carbonyl (C=O) groups is 1. The second-order valence-corrected chi connectivity index (χ2v) is 4.33. The number of hydrogen-bond acceptors (Lipinski definition) is 3. The van der Waals surface area contributed by atoms with Crippen LogP contribution in [0.15, 0.2) is 54.6 Å². The lowest BCUT2D eigenvalue weighted by atomic mass is 10.1. The Morgan fingerprint density at radius 2 is 1.70 bits per heavy atom. The van der Waals surface area contributed by atoms with E-state index in [-0.39, 0.29) is 12.4 Å². The highest BCUT2D eigenvalue weighted by Gasteiger charge is 2.11. The van der Waals surface area contributed by atoms with Gasteiger partial charge in [-0.25, -0.2) is 0 Å². The molecule has 0 aromatic heterocycles. The molecule has 0 spiro atoms. The van der Waals surface area contributed by atoms with E-state index in [9.17, 15) is 4.79 Å².